The largest absolute Gasteiger partial charge is 0.466 e. The van der Waals surface area contributed by atoms with Crippen LogP contribution in [0.2, 0.25) is 5.28 Å². The molecule has 2 aromatic rings. The van der Waals surface area contributed by atoms with E-state index in [9.17, 15) is 14.4 Å². The Kier molecular flexibility index (Phi) is 6.81. The van der Waals surface area contributed by atoms with Crippen molar-refractivity contribution in [2.45, 2.75) is 59.0 Å². The Labute approximate surface area is 149 Å². The van der Waals surface area contributed by atoms with Gasteiger partial charge < -0.3 is 9.72 Å². The summed E-state index contributed by atoms with van der Waals surface area (Å²) in [5.74, 6) is -0.272. The molecule has 0 saturated heterocycles. The first-order valence-electron chi connectivity index (χ1n) is 8.54. The number of ether oxygens (including phenoxy) is 1. The van der Waals surface area contributed by atoms with Gasteiger partial charge in [0.1, 0.15) is 0 Å². The summed E-state index contributed by atoms with van der Waals surface area (Å²) in [7, 11) is 0. The summed E-state index contributed by atoms with van der Waals surface area (Å²) in [5.41, 5.74) is -0.323. The lowest BCUT2D eigenvalue weighted by Crippen LogP contribution is -2.40. The highest BCUT2D eigenvalue weighted by Gasteiger charge is 2.16. The number of rotatable bonds is 9. The Morgan fingerprint density at radius 3 is 2.56 bits per heavy atom. The van der Waals surface area contributed by atoms with Crippen LogP contribution in [0.15, 0.2) is 9.59 Å². The number of aryl methyl sites for hydroxylation is 1. The highest BCUT2D eigenvalue weighted by molar-refractivity contribution is 6.28. The third kappa shape index (κ3) is 4.50. The Balaban J connectivity index is 2.25. The number of unbranched alkanes of at least 4 members (excludes halogenated alkanes) is 2. The van der Waals surface area contributed by atoms with Crippen molar-refractivity contribution in [2.75, 3.05) is 6.61 Å². The van der Waals surface area contributed by atoms with Crippen LogP contribution in [0.1, 0.15) is 46.0 Å². The van der Waals surface area contributed by atoms with Crippen molar-refractivity contribution >= 4 is 28.7 Å². The van der Waals surface area contributed by atoms with E-state index in [0.717, 1.165) is 12.8 Å². The number of esters is 1. The smallest absolute Gasteiger partial charge is 0.332 e. The summed E-state index contributed by atoms with van der Waals surface area (Å²) in [5, 5.41) is 0.0804. The fourth-order valence-electron chi connectivity index (χ4n) is 2.63. The molecule has 0 fully saturated rings. The number of nitrogens with zero attached hydrogens (tertiary/aromatic N) is 3. The Hall–Kier alpha value is -2.09. The monoisotopic (exact) mass is 370 g/mol. The minimum atomic E-state index is -0.441. The first-order chi connectivity index (χ1) is 12.0. The second-order valence-electron chi connectivity index (χ2n) is 5.73. The molecule has 8 nitrogen and oxygen atoms in total. The summed E-state index contributed by atoms with van der Waals surface area (Å²) in [4.78, 5) is 43.4. The van der Waals surface area contributed by atoms with Gasteiger partial charge in [0.15, 0.2) is 11.2 Å². The van der Waals surface area contributed by atoms with Gasteiger partial charge in [-0.3, -0.25) is 18.7 Å². The predicted molar refractivity (Wildman–Crippen MR) is 95.0 cm³/mol. The molecule has 0 spiro atoms. The van der Waals surface area contributed by atoms with Crippen LogP contribution < -0.4 is 11.2 Å². The van der Waals surface area contributed by atoms with E-state index in [1.165, 1.54) is 9.13 Å². The zero-order valence-corrected chi connectivity index (χ0v) is 15.3. The minimum absolute atomic E-state index is 0.0804. The highest BCUT2D eigenvalue weighted by atomic mass is 35.5. The highest BCUT2D eigenvalue weighted by Crippen LogP contribution is 2.10. The fourth-order valence-corrected chi connectivity index (χ4v) is 2.80. The van der Waals surface area contributed by atoms with Crippen molar-refractivity contribution in [2.24, 2.45) is 0 Å². The third-order valence-electron chi connectivity index (χ3n) is 3.89. The first-order valence-corrected chi connectivity index (χ1v) is 8.91. The molecular formula is C16H23ClN4O4. The Morgan fingerprint density at radius 2 is 1.88 bits per heavy atom. The van der Waals surface area contributed by atoms with Gasteiger partial charge in [-0.15, -0.1) is 0 Å². The van der Waals surface area contributed by atoms with E-state index in [1.807, 2.05) is 6.92 Å². The van der Waals surface area contributed by atoms with Gasteiger partial charge in [0.2, 0.25) is 5.28 Å². The van der Waals surface area contributed by atoms with E-state index in [1.54, 1.807) is 6.92 Å². The molecule has 0 aliphatic rings. The molecule has 0 atom stereocenters. The number of imidazole rings is 1. The number of fused-ring (bicyclic) bond motifs is 1. The molecule has 0 saturated carbocycles. The number of aromatic nitrogens is 4. The van der Waals surface area contributed by atoms with Crippen LogP contribution in [0, 0.1) is 0 Å². The van der Waals surface area contributed by atoms with Crippen molar-refractivity contribution < 1.29 is 9.53 Å². The molecule has 0 aliphatic heterocycles. The molecule has 2 heterocycles. The summed E-state index contributed by atoms with van der Waals surface area (Å²) >= 11 is 5.88. The molecule has 138 valence electrons. The van der Waals surface area contributed by atoms with Crippen LogP contribution in [0.3, 0.4) is 0 Å². The van der Waals surface area contributed by atoms with Gasteiger partial charge in [-0.2, -0.15) is 4.98 Å². The van der Waals surface area contributed by atoms with Gasteiger partial charge >= 0.3 is 11.7 Å². The van der Waals surface area contributed by atoms with Crippen LogP contribution in [-0.2, 0) is 22.6 Å². The molecule has 2 rings (SSSR count). The molecule has 2 aromatic heterocycles. The number of carbonyl (C=O) groups excluding carboxylic acids is 1. The van der Waals surface area contributed by atoms with Crippen LogP contribution in [-0.4, -0.2) is 31.7 Å². The van der Waals surface area contributed by atoms with Gasteiger partial charge in [0.25, 0.3) is 5.56 Å². The van der Waals surface area contributed by atoms with E-state index in [4.69, 9.17) is 16.3 Å². The Morgan fingerprint density at radius 1 is 1.16 bits per heavy atom. The maximum Gasteiger partial charge on any atom is 0.332 e. The number of halogens is 1. The van der Waals surface area contributed by atoms with Gasteiger partial charge in [0, 0.05) is 19.5 Å². The second kappa shape index (κ2) is 8.84. The molecule has 0 aliphatic carbocycles. The average molecular weight is 371 g/mol. The molecule has 0 unspecified atom stereocenters. The van der Waals surface area contributed by atoms with Crippen molar-refractivity contribution in [3.63, 3.8) is 0 Å². The van der Waals surface area contributed by atoms with Gasteiger partial charge in [-0.25, -0.2) is 4.79 Å². The van der Waals surface area contributed by atoms with E-state index >= 15 is 0 Å². The maximum atomic E-state index is 12.7. The fraction of sp³-hybridized carbons (Fsp3) is 0.625. The normalized spacial score (nSPS) is 11.2. The minimum Gasteiger partial charge on any atom is -0.466 e. The predicted octanol–water partition coefficient (Wildman–Crippen LogP) is 2.07. The molecule has 1 N–H and O–H groups in total. The number of aromatic amines is 1. The Bertz CT molecular complexity index is 852. The topological polar surface area (TPSA) is 99.0 Å². The lowest BCUT2D eigenvalue weighted by atomic mass is 10.2. The van der Waals surface area contributed by atoms with Crippen molar-refractivity contribution in [3.05, 3.63) is 26.1 Å². The van der Waals surface area contributed by atoms with Crippen molar-refractivity contribution in [1.82, 2.24) is 19.1 Å². The number of H-pyrrole nitrogens is 1. The number of hydrogen-bond donors (Lipinski definition) is 1. The zero-order chi connectivity index (χ0) is 18.4. The lowest BCUT2D eigenvalue weighted by Gasteiger charge is -2.10. The summed E-state index contributed by atoms with van der Waals surface area (Å²) < 4.78 is 7.52. The standard InChI is InChI=1S/C16H23ClN4O4/c1-3-5-9-20-13-12(18-15(17)19-13)14(23)21(16(20)24)10-7-6-8-11(22)25-4-2/h3-10H2,1-2H3,(H,18,19). The number of carbonyl (C=O) groups is 1. The number of nitrogens with one attached hydrogen (secondary N) is 1. The van der Waals surface area contributed by atoms with Crippen molar-refractivity contribution in [1.29, 1.82) is 0 Å². The van der Waals surface area contributed by atoms with Crippen LogP contribution >= 0.6 is 11.6 Å². The van der Waals surface area contributed by atoms with Crippen molar-refractivity contribution in [3.8, 4) is 0 Å². The molecule has 0 aromatic carbocycles. The van der Waals surface area contributed by atoms with E-state index in [2.05, 4.69) is 9.97 Å². The SMILES string of the molecule is CCCCn1c(=O)n(CCCCC(=O)OCC)c(=O)c2[nH]c(Cl)nc21. The van der Waals surface area contributed by atoms with E-state index in [-0.39, 0.29) is 35.4 Å². The first kappa shape index (κ1) is 19.2. The molecule has 25 heavy (non-hydrogen) atoms. The average Bonchev–Trinajstić information content (AvgIpc) is 2.96. The van der Waals surface area contributed by atoms with Gasteiger partial charge in [-0.05, 0) is 37.8 Å². The van der Waals surface area contributed by atoms with Crippen LogP contribution in [0.4, 0.5) is 0 Å². The van der Waals surface area contributed by atoms with Crippen LogP contribution in [0.5, 0.6) is 0 Å². The summed E-state index contributed by atoms with van der Waals surface area (Å²) in [6.45, 7) is 4.82. The van der Waals surface area contributed by atoms with E-state index in [0.29, 0.717) is 26.0 Å². The van der Waals surface area contributed by atoms with Crippen LogP contribution in [0.25, 0.3) is 11.2 Å². The summed E-state index contributed by atoms with van der Waals surface area (Å²) in [6, 6.07) is 0. The zero-order valence-electron chi connectivity index (χ0n) is 14.5. The van der Waals surface area contributed by atoms with Gasteiger partial charge in [-0.1, -0.05) is 13.3 Å². The maximum absolute atomic E-state index is 12.7. The quantitative estimate of drug-likeness (QED) is 0.414. The van der Waals surface area contributed by atoms with Gasteiger partial charge in [0.05, 0.1) is 6.61 Å². The molecule has 0 radical (unpaired) electrons. The molecule has 0 bridgehead atoms. The lowest BCUT2D eigenvalue weighted by molar-refractivity contribution is -0.143. The van der Waals surface area contributed by atoms with E-state index < -0.39 is 11.2 Å². The molecule has 0 amide bonds. The summed E-state index contributed by atoms with van der Waals surface area (Å²) in [6.07, 6.45) is 3.03. The number of hydrogen-bond acceptors (Lipinski definition) is 5. The second-order valence-corrected chi connectivity index (χ2v) is 6.09. The third-order valence-corrected chi connectivity index (χ3v) is 4.06. The molecule has 9 heteroatoms. The molecular weight excluding hydrogens is 348 g/mol.